The Balaban J connectivity index is 1.87. The number of hydrogen-bond acceptors (Lipinski definition) is 5. The molecule has 0 aliphatic carbocycles. The van der Waals surface area contributed by atoms with Gasteiger partial charge in [0, 0.05) is 17.5 Å². The van der Waals surface area contributed by atoms with Crippen LogP contribution in [0.2, 0.25) is 0 Å². The highest BCUT2D eigenvalue weighted by Gasteiger charge is 2.14. The number of urea groups is 1. The third-order valence-corrected chi connectivity index (χ3v) is 3.76. The van der Waals surface area contributed by atoms with Crippen molar-refractivity contribution in [3.05, 3.63) is 35.1 Å². The topological polar surface area (TPSA) is 97.6 Å². The van der Waals surface area contributed by atoms with Crippen LogP contribution < -0.4 is 10.6 Å². The molecule has 2 rings (SSSR count). The van der Waals surface area contributed by atoms with Gasteiger partial charge in [0.25, 0.3) is 5.91 Å². The van der Waals surface area contributed by atoms with E-state index in [0.29, 0.717) is 17.7 Å². The molecule has 1 aromatic carbocycles. The van der Waals surface area contributed by atoms with E-state index in [4.69, 9.17) is 9.15 Å². The number of ether oxygens (including phenoxy) is 1. The third-order valence-electron chi connectivity index (χ3n) is 3.76. The summed E-state index contributed by atoms with van der Waals surface area (Å²) in [5, 5.41) is 5.43. The molecule has 7 heteroatoms. The van der Waals surface area contributed by atoms with Gasteiger partial charge in [0.1, 0.15) is 5.58 Å². The summed E-state index contributed by atoms with van der Waals surface area (Å²) < 4.78 is 10.4. The van der Waals surface area contributed by atoms with Crippen molar-refractivity contribution < 1.29 is 23.5 Å². The maximum absolute atomic E-state index is 11.9. The fourth-order valence-corrected chi connectivity index (χ4v) is 2.27. The van der Waals surface area contributed by atoms with Crippen molar-refractivity contribution in [1.29, 1.82) is 0 Å². The average molecular weight is 346 g/mol. The van der Waals surface area contributed by atoms with E-state index in [-0.39, 0.29) is 6.42 Å². The van der Waals surface area contributed by atoms with Crippen LogP contribution in [0.5, 0.6) is 0 Å². The second-order valence-electron chi connectivity index (χ2n) is 5.84. The van der Waals surface area contributed by atoms with E-state index in [2.05, 4.69) is 10.6 Å². The molecule has 2 N–H and O–H groups in total. The SMILES string of the molecule is CCCNC(=O)NC(=O)COC(=O)Cc1coc2cc(C)c(C)cc12. The largest absolute Gasteiger partial charge is 0.464 e. The molecule has 0 bridgehead atoms. The van der Waals surface area contributed by atoms with Gasteiger partial charge in [0.15, 0.2) is 6.61 Å². The van der Waals surface area contributed by atoms with Crippen LogP contribution in [-0.2, 0) is 20.7 Å². The first-order valence-corrected chi connectivity index (χ1v) is 8.11. The lowest BCUT2D eigenvalue weighted by Gasteiger charge is -2.06. The van der Waals surface area contributed by atoms with Crippen molar-refractivity contribution in [2.45, 2.75) is 33.6 Å². The summed E-state index contributed by atoms with van der Waals surface area (Å²) in [5.41, 5.74) is 3.61. The van der Waals surface area contributed by atoms with Crippen molar-refractivity contribution in [1.82, 2.24) is 10.6 Å². The molecule has 0 fully saturated rings. The predicted octanol–water partition coefficient (Wildman–Crippen LogP) is 2.37. The number of carbonyl (C=O) groups excluding carboxylic acids is 3. The molecule has 0 radical (unpaired) electrons. The first-order chi connectivity index (χ1) is 11.9. The number of rotatable bonds is 6. The van der Waals surface area contributed by atoms with Gasteiger partial charge in [-0.15, -0.1) is 0 Å². The number of imide groups is 1. The minimum absolute atomic E-state index is 0.00911. The van der Waals surface area contributed by atoms with Crippen LogP contribution in [0.25, 0.3) is 11.0 Å². The number of hydrogen-bond donors (Lipinski definition) is 2. The number of carbonyl (C=O) groups is 3. The molecule has 0 saturated carbocycles. The summed E-state index contributed by atoms with van der Waals surface area (Å²) in [4.78, 5) is 34.8. The van der Waals surface area contributed by atoms with E-state index in [1.54, 1.807) is 0 Å². The van der Waals surface area contributed by atoms with E-state index < -0.39 is 24.5 Å². The molecular formula is C18H22N2O5. The molecule has 0 spiro atoms. The Labute approximate surface area is 145 Å². The number of nitrogens with one attached hydrogen (secondary N) is 2. The van der Waals surface area contributed by atoms with Gasteiger partial charge in [-0.25, -0.2) is 4.79 Å². The van der Waals surface area contributed by atoms with E-state index in [0.717, 1.165) is 22.9 Å². The first kappa shape index (κ1) is 18.5. The zero-order valence-corrected chi connectivity index (χ0v) is 14.6. The van der Waals surface area contributed by atoms with Crippen molar-refractivity contribution in [2.24, 2.45) is 0 Å². The van der Waals surface area contributed by atoms with Crippen LogP contribution in [0.15, 0.2) is 22.8 Å². The smallest absolute Gasteiger partial charge is 0.321 e. The molecule has 0 saturated heterocycles. The summed E-state index contributed by atoms with van der Waals surface area (Å²) in [6.45, 7) is 5.82. The van der Waals surface area contributed by atoms with Gasteiger partial charge in [-0.1, -0.05) is 6.92 Å². The maximum atomic E-state index is 11.9. The highest BCUT2D eigenvalue weighted by Crippen LogP contribution is 2.25. The van der Waals surface area contributed by atoms with Crippen LogP contribution in [0.1, 0.15) is 30.0 Å². The van der Waals surface area contributed by atoms with Gasteiger partial charge in [-0.05, 0) is 43.5 Å². The van der Waals surface area contributed by atoms with E-state index in [1.165, 1.54) is 6.26 Å². The molecule has 25 heavy (non-hydrogen) atoms. The number of fused-ring (bicyclic) bond motifs is 1. The summed E-state index contributed by atoms with van der Waals surface area (Å²) in [6, 6.07) is 3.28. The van der Waals surface area contributed by atoms with Gasteiger partial charge < -0.3 is 14.5 Å². The minimum atomic E-state index is -0.675. The lowest BCUT2D eigenvalue weighted by atomic mass is 10.0. The Bertz CT molecular complexity index is 794. The van der Waals surface area contributed by atoms with Crippen LogP contribution in [0, 0.1) is 13.8 Å². The second kappa shape index (κ2) is 8.32. The Morgan fingerprint density at radius 1 is 1.16 bits per heavy atom. The number of benzene rings is 1. The van der Waals surface area contributed by atoms with Gasteiger partial charge in [0.05, 0.1) is 12.7 Å². The molecule has 0 aliphatic rings. The monoisotopic (exact) mass is 346 g/mol. The minimum Gasteiger partial charge on any atom is -0.464 e. The van der Waals surface area contributed by atoms with Crippen molar-refractivity contribution in [2.75, 3.05) is 13.2 Å². The Kier molecular flexibility index (Phi) is 6.16. The summed E-state index contributed by atoms with van der Waals surface area (Å²) in [5.74, 6) is -1.24. The molecule has 1 aromatic heterocycles. The Morgan fingerprint density at radius 2 is 1.88 bits per heavy atom. The highest BCUT2D eigenvalue weighted by molar-refractivity contribution is 5.95. The van der Waals surface area contributed by atoms with E-state index in [1.807, 2.05) is 32.9 Å². The van der Waals surface area contributed by atoms with Crippen molar-refractivity contribution >= 4 is 28.9 Å². The molecular weight excluding hydrogens is 324 g/mol. The first-order valence-electron chi connectivity index (χ1n) is 8.11. The van der Waals surface area contributed by atoms with E-state index >= 15 is 0 Å². The highest BCUT2D eigenvalue weighted by atomic mass is 16.5. The third kappa shape index (κ3) is 5.07. The summed E-state index contributed by atoms with van der Waals surface area (Å²) >= 11 is 0. The predicted molar refractivity (Wildman–Crippen MR) is 92.2 cm³/mol. The van der Waals surface area contributed by atoms with Gasteiger partial charge in [-0.3, -0.25) is 14.9 Å². The summed E-state index contributed by atoms with van der Waals surface area (Å²) in [7, 11) is 0. The molecule has 1 heterocycles. The Hall–Kier alpha value is -2.83. The number of aryl methyl sites for hydroxylation is 2. The average Bonchev–Trinajstić information content (AvgIpc) is 2.93. The fourth-order valence-electron chi connectivity index (χ4n) is 2.27. The fraction of sp³-hybridized carbons (Fsp3) is 0.389. The normalized spacial score (nSPS) is 10.5. The lowest BCUT2D eigenvalue weighted by molar-refractivity contribution is -0.147. The molecule has 3 amide bonds. The standard InChI is InChI=1S/C18H22N2O5/c1-4-5-19-18(23)20-16(21)10-25-17(22)8-13-9-24-15-7-12(3)11(2)6-14(13)15/h6-7,9H,4-5,8,10H2,1-3H3,(H2,19,20,21,23). The molecule has 2 aromatic rings. The molecule has 7 nitrogen and oxygen atoms in total. The molecule has 0 aliphatic heterocycles. The van der Waals surface area contributed by atoms with Gasteiger partial charge in [-0.2, -0.15) is 0 Å². The number of furan rings is 1. The van der Waals surface area contributed by atoms with Crippen LogP contribution in [0.4, 0.5) is 4.79 Å². The van der Waals surface area contributed by atoms with Crippen LogP contribution in [0.3, 0.4) is 0 Å². The zero-order valence-electron chi connectivity index (χ0n) is 14.6. The second-order valence-corrected chi connectivity index (χ2v) is 5.84. The Morgan fingerprint density at radius 3 is 2.60 bits per heavy atom. The van der Waals surface area contributed by atoms with Crippen molar-refractivity contribution in [3.8, 4) is 0 Å². The number of esters is 1. The maximum Gasteiger partial charge on any atom is 0.321 e. The van der Waals surface area contributed by atoms with Gasteiger partial charge in [0.2, 0.25) is 0 Å². The van der Waals surface area contributed by atoms with Gasteiger partial charge >= 0.3 is 12.0 Å². The number of amides is 3. The van der Waals surface area contributed by atoms with Crippen LogP contribution >= 0.6 is 0 Å². The molecule has 0 unspecified atom stereocenters. The van der Waals surface area contributed by atoms with Crippen molar-refractivity contribution in [3.63, 3.8) is 0 Å². The molecule has 134 valence electrons. The van der Waals surface area contributed by atoms with E-state index in [9.17, 15) is 14.4 Å². The zero-order chi connectivity index (χ0) is 18.4. The lowest BCUT2D eigenvalue weighted by Crippen LogP contribution is -2.41. The quantitative estimate of drug-likeness (QED) is 0.783. The molecule has 0 atom stereocenters. The summed E-state index contributed by atoms with van der Waals surface area (Å²) in [6.07, 6.45) is 2.27. The van der Waals surface area contributed by atoms with Crippen LogP contribution in [-0.4, -0.2) is 31.1 Å².